The Kier molecular flexibility index (Phi) is 5.40. The van der Waals surface area contributed by atoms with Crippen molar-refractivity contribution in [3.8, 4) is 0 Å². The number of benzene rings is 1. The van der Waals surface area contributed by atoms with E-state index in [2.05, 4.69) is 4.74 Å². The van der Waals surface area contributed by atoms with Crippen molar-refractivity contribution in [3.05, 3.63) is 35.9 Å². The number of esters is 2. The minimum Gasteiger partial charge on any atom is -0.476 e. The third-order valence-electron chi connectivity index (χ3n) is 2.21. The fraction of sp³-hybridized carbons (Fsp3) is 0.231. The molecule has 1 aromatic carbocycles. The zero-order valence-corrected chi connectivity index (χ0v) is 10.00. The topological polar surface area (TPSA) is 97.7 Å². The van der Waals surface area contributed by atoms with Crippen molar-refractivity contribution in [2.45, 2.75) is 19.3 Å². The molecule has 0 saturated carbocycles. The molecule has 0 unspecified atom stereocenters. The SMILES string of the molecule is O=C(CCC(=O)C(=O)O)OC(=O)Cc1ccccc1. The lowest BCUT2D eigenvalue weighted by atomic mass is 10.1. The smallest absolute Gasteiger partial charge is 0.372 e. The molecule has 1 aromatic rings. The standard InChI is InChI=1S/C13H12O6/c14-10(13(17)18)6-7-11(15)19-12(16)8-9-4-2-1-3-5-9/h1-5H,6-8H2,(H,17,18). The van der Waals surface area contributed by atoms with Crippen LogP contribution in [0.2, 0.25) is 0 Å². The Bertz CT molecular complexity index is 491. The van der Waals surface area contributed by atoms with E-state index in [9.17, 15) is 19.2 Å². The number of ether oxygens (including phenoxy) is 1. The lowest BCUT2D eigenvalue weighted by Crippen LogP contribution is -2.18. The number of Topliss-reactive ketones (excluding diaryl/α,β-unsaturated/α-hetero) is 1. The zero-order valence-electron chi connectivity index (χ0n) is 10.00. The first-order valence-electron chi connectivity index (χ1n) is 5.52. The van der Waals surface area contributed by atoms with Gasteiger partial charge in [0.15, 0.2) is 0 Å². The van der Waals surface area contributed by atoms with Crippen LogP contribution in [0.15, 0.2) is 30.3 Å². The van der Waals surface area contributed by atoms with Gasteiger partial charge in [0.1, 0.15) is 0 Å². The first-order chi connectivity index (χ1) is 8.99. The number of aliphatic carboxylic acids is 1. The Balaban J connectivity index is 2.34. The minimum absolute atomic E-state index is 0.0561. The van der Waals surface area contributed by atoms with E-state index in [1.165, 1.54) is 0 Å². The lowest BCUT2D eigenvalue weighted by Gasteiger charge is -2.02. The molecule has 0 saturated heterocycles. The summed E-state index contributed by atoms with van der Waals surface area (Å²) in [7, 11) is 0. The predicted molar refractivity (Wildman–Crippen MR) is 63.1 cm³/mol. The molecule has 0 aliphatic carbocycles. The maximum absolute atomic E-state index is 11.4. The molecule has 1 N–H and O–H groups in total. The summed E-state index contributed by atoms with van der Waals surface area (Å²) in [6.07, 6.45) is -0.960. The Morgan fingerprint density at radius 1 is 0.947 bits per heavy atom. The van der Waals surface area contributed by atoms with Crippen LogP contribution in [0.3, 0.4) is 0 Å². The largest absolute Gasteiger partial charge is 0.476 e. The van der Waals surface area contributed by atoms with E-state index in [0.717, 1.165) is 0 Å². The number of hydrogen-bond acceptors (Lipinski definition) is 5. The number of carbonyl (C=O) groups is 4. The van der Waals surface area contributed by atoms with Gasteiger partial charge in [-0.25, -0.2) is 4.79 Å². The molecule has 6 nitrogen and oxygen atoms in total. The van der Waals surface area contributed by atoms with Crippen molar-refractivity contribution in [1.29, 1.82) is 0 Å². The second kappa shape index (κ2) is 7.05. The molecule has 100 valence electrons. The number of ketones is 1. The van der Waals surface area contributed by atoms with E-state index in [1.807, 2.05) is 0 Å². The number of carbonyl (C=O) groups excluding carboxylic acids is 3. The van der Waals surface area contributed by atoms with Crippen molar-refractivity contribution >= 4 is 23.7 Å². The van der Waals surface area contributed by atoms with Gasteiger partial charge in [0, 0.05) is 6.42 Å². The van der Waals surface area contributed by atoms with Crippen LogP contribution in [-0.2, 0) is 30.3 Å². The van der Waals surface area contributed by atoms with Crippen LogP contribution >= 0.6 is 0 Å². The Labute approximate surface area is 109 Å². The summed E-state index contributed by atoms with van der Waals surface area (Å²) < 4.78 is 4.46. The normalized spacial score (nSPS) is 9.68. The predicted octanol–water partition coefficient (Wildman–Crippen LogP) is 0.733. The summed E-state index contributed by atoms with van der Waals surface area (Å²) in [4.78, 5) is 43.5. The molecule has 19 heavy (non-hydrogen) atoms. The summed E-state index contributed by atoms with van der Waals surface area (Å²) in [6.45, 7) is 0. The van der Waals surface area contributed by atoms with Gasteiger partial charge in [-0.1, -0.05) is 30.3 Å². The van der Waals surface area contributed by atoms with Crippen molar-refractivity contribution in [3.63, 3.8) is 0 Å². The second-order valence-corrected chi connectivity index (χ2v) is 3.74. The Hall–Kier alpha value is -2.50. The molecule has 0 atom stereocenters. The summed E-state index contributed by atoms with van der Waals surface area (Å²) >= 11 is 0. The van der Waals surface area contributed by atoms with Crippen molar-refractivity contribution in [2.24, 2.45) is 0 Å². The van der Waals surface area contributed by atoms with Gasteiger partial charge in [-0.3, -0.25) is 14.4 Å². The van der Waals surface area contributed by atoms with Gasteiger partial charge in [0.25, 0.3) is 0 Å². The zero-order chi connectivity index (χ0) is 14.3. The quantitative estimate of drug-likeness (QED) is 0.462. The van der Waals surface area contributed by atoms with E-state index in [0.29, 0.717) is 5.56 Å². The minimum atomic E-state index is -1.61. The first kappa shape index (κ1) is 14.6. The van der Waals surface area contributed by atoms with Crippen molar-refractivity contribution in [1.82, 2.24) is 0 Å². The monoisotopic (exact) mass is 264 g/mol. The third-order valence-corrected chi connectivity index (χ3v) is 2.21. The highest BCUT2D eigenvalue weighted by atomic mass is 16.6. The van der Waals surface area contributed by atoms with Gasteiger partial charge < -0.3 is 9.84 Å². The number of hydrogen-bond donors (Lipinski definition) is 1. The van der Waals surface area contributed by atoms with Crippen molar-refractivity contribution < 1.29 is 29.0 Å². The first-order valence-corrected chi connectivity index (χ1v) is 5.52. The molecule has 0 aliphatic rings. The molecule has 0 bridgehead atoms. The van der Waals surface area contributed by atoms with E-state index in [-0.39, 0.29) is 6.42 Å². The Morgan fingerprint density at radius 3 is 2.16 bits per heavy atom. The van der Waals surface area contributed by atoms with Gasteiger partial charge in [0.05, 0.1) is 12.8 Å². The number of carboxylic acid groups (broad SMARTS) is 1. The van der Waals surface area contributed by atoms with Crippen LogP contribution in [0.4, 0.5) is 0 Å². The molecule has 0 amide bonds. The summed E-state index contributed by atoms with van der Waals surface area (Å²) in [5.41, 5.74) is 0.696. The van der Waals surface area contributed by atoms with E-state index >= 15 is 0 Å². The molecule has 0 fully saturated rings. The summed E-state index contributed by atoms with van der Waals surface area (Å²) in [5, 5.41) is 8.30. The van der Waals surface area contributed by atoms with E-state index in [1.54, 1.807) is 30.3 Å². The summed E-state index contributed by atoms with van der Waals surface area (Å²) in [6, 6.07) is 8.70. The maximum Gasteiger partial charge on any atom is 0.372 e. The highest BCUT2D eigenvalue weighted by Gasteiger charge is 2.16. The average molecular weight is 264 g/mol. The highest BCUT2D eigenvalue weighted by Crippen LogP contribution is 2.02. The van der Waals surface area contributed by atoms with E-state index < -0.39 is 36.5 Å². The van der Waals surface area contributed by atoms with Crippen LogP contribution in [0.5, 0.6) is 0 Å². The van der Waals surface area contributed by atoms with E-state index in [4.69, 9.17) is 5.11 Å². The average Bonchev–Trinajstić information content (AvgIpc) is 2.36. The number of carboxylic acids is 1. The van der Waals surface area contributed by atoms with Gasteiger partial charge in [-0.2, -0.15) is 0 Å². The molecule has 0 aliphatic heterocycles. The number of rotatable bonds is 6. The lowest BCUT2D eigenvalue weighted by molar-refractivity contribution is -0.159. The molecule has 0 radical (unpaired) electrons. The molecule has 6 heteroatoms. The van der Waals surface area contributed by atoms with Gasteiger partial charge >= 0.3 is 17.9 Å². The van der Waals surface area contributed by atoms with Gasteiger partial charge in [0.2, 0.25) is 5.78 Å². The third kappa shape index (κ3) is 5.58. The summed E-state index contributed by atoms with van der Waals surface area (Å²) in [5.74, 6) is -4.34. The van der Waals surface area contributed by atoms with Crippen LogP contribution < -0.4 is 0 Å². The molecule has 0 aromatic heterocycles. The van der Waals surface area contributed by atoms with Crippen LogP contribution in [-0.4, -0.2) is 28.8 Å². The molecular formula is C13H12O6. The van der Waals surface area contributed by atoms with Crippen LogP contribution in [0, 0.1) is 0 Å². The van der Waals surface area contributed by atoms with Gasteiger partial charge in [-0.05, 0) is 5.56 Å². The van der Waals surface area contributed by atoms with Crippen molar-refractivity contribution in [2.75, 3.05) is 0 Å². The van der Waals surface area contributed by atoms with Crippen LogP contribution in [0.1, 0.15) is 18.4 Å². The molecule has 0 spiro atoms. The molecule has 1 rings (SSSR count). The molecule has 0 heterocycles. The molecular weight excluding hydrogens is 252 g/mol. The van der Waals surface area contributed by atoms with Gasteiger partial charge in [-0.15, -0.1) is 0 Å². The fourth-order valence-corrected chi connectivity index (χ4v) is 1.30. The Morgan fingerprint density at radius 2 is 1.58 bits per heavy atom. The maximum atomic E-state index is 11.4. The van der Waals surface area contributed by atoms with Crippen LogP contribution in [0.25, 0.3) is 0 Å². The second-order valence-electron chi connectivity index (χ2n) is 3.74. The highest BCUT2D eigenvalue weighted by molar-refractivity contribution is 6.32. The fourth-order valence-electron chi connectivity index (χ4n) is 1.30.